The minimum absolute atomic E-state index is 0.154. The predicted molar refractivity (Wildman–Crippen MR) is 118 cm³/mol. The molecule has 0 spiro atoms. The number of carbonyl (C=O) groups excluding carboxylic acids is 1. The molecule has 2 N–H and O–H groups in total. The lowest BCUT2D eigenvalue weighted by atomic mass is 9.96. The standard InChI is InChI=1S/C25H27N3O/c26-23-13-11-20(12-14-23)24(29)19-27-15-17-28(18-16-27)25(21-7-3-1-4-8-21)22-9-5-2-6-10-22/h1-14,25H,15-19,26H2. The molecule has 3 aromatic carbocycles. The van der Waals surface area contributed by atoms with Gasteiger partial charge in [-0.25, -0.2) is 0 Å². The van der Waals surface area contributed by atoms with Crippen molar-refractivity contribution in [1.29, 1.82) is 0 Å². The van der Waals surface area contributed by atoms with Crippen molar-refractivity contribution in [3.05, 3.63) is 102 Å². The zero-order chi connectivity index (χ0) is 20.1. The summed E-state index contributed by atoms with van der Waals surface area (Å²) in [6, 6.07) is 28.8. The summed E-state index contributed by atoms with van der Waals surface area (Å²) < 4.78 is 0. The maximum absolute atomic E-state index is 12.6. The van der Waals surface area contributed by atoms with E-state index in [1.165, 1.54) is 11.1 Å². The number of benzene rings is 3. The predicted octanol–water partition coefficient (Wildman–Crippen LogP) is 3.86. The summed E-state index contributed by atoms with van der Waals surface area (Å²) in [4.78, 5) is 17.4. The molecule has 0 unspecified atom stereocenters. The van der Waals surface area contributed by atoms with Crippen LogP contribution in [-0.2, 0) is 0 Å². The number of nitrogens with zero attached hydrogens (tertiary/aromatic N) is 2. The van der Waals surface area contributed by atoms with Crippen LogP contribution in [0.25, 0.3) is 0 Å². The third-order valence-electron chi connectivity index (χ3n) is 5.60. The number of ketones is 1. The molecule has 1 aliphatic rings. The van der Waals surface area contributed by atoms with Gasteiger partial charge in [-0.05, 0) is 35.4 Å². The van der Waals surface area contributed by atoms with Gasteiger partial charge in [0.15, 0.2) is 5.78 Å². The molecule has 3 aromatic rings. The van der Waals surface area contributed by atoms with E-state index in [0.717, 1.165) is 31.7 Å². The molecule has 1 heterocycles. The Morgan fingerprint density at radius 2 is 1.28 bits per heavy atom. The molecule has 0 aromatic heterocycles. The molecule has 29 heavy (non-hydrogen) atoms. The van der Waals surface area contributed by atoms with Crippen LogP contribution in [0.4, 0.5) is 5.69 Å². The molecule has 0 radical (unpaired) electrons. The van der Waals surface area contributed by atoms with E-state index in [9.17, 15) is 4.79 Å². The topological polar surface area (TPSA) is 49.6 Å². The monoisotopic (exact) mass is 385 g/mol. The molecule has 0 bridgehead atoms. The molecule has 4 rings (SSSR count). The van der Waals surface area contributed by atoms with E-state index in [1.54, 1.807) is 12.1 Å². The molecular formula is C25H27N3O. The first-order valence-corrected chi connectivity index (χ1v) is 10.2. The number of nitrogen functional groups attached to an aromatic ring is 1. The number of Topliss-reactive ketones (excluding diaryl/α,β-unsaturated/α-hetero) is 1. The highest BCUT2D eigenvalue weighted by Gasteiger charge is 2.27. The van der Waals surface area contributed by atoms with Gasteiger partial charge in [0, 0.05) is 37.4 Å². The minimum atomic E-state index is 0.154. The Labute approximate surface area is 172 Å². The van der Waals surface area contributed by atoms with E-state index < -0.39 is 0 Å². The van der Waals surface area contributed by atoms with Crippen LogP contribution in [0.2, 0.25) is 0 Å². The van der Waals surface area contributed by atoms with Gasteiger partial charge in [0.25, 0.3) is 0 Å². The Hall–Kier alpha value is -2.95. The fourth-order valence-corrected chi connectivity index (χ4v) is 4.03. The third kappa shape index (κ3) is 4.73. The van der Waals surface area contributed by atoms with E-state index in [2.05, 4.69) is 70.5 Å². The zero-order valence-corrected chi connectivity index (χ0v) is 16.6. The second kappa shape index (κ2) is 9.03. The second-order valence-electron chi connectivity index (χ2n) is 7.58. The summed E-state index contributed by atoms with van der Waals surface area (Å²) in [5.41, 5.74) is 9.76. The number of carbonyl (C=O) groups is 1. The molecule has 4 nitrogen and oxygen atoms in total. The molecule has 1 fully saturated rings. The van der Waals surface area contributed by atoms with Crippen LogP contribution in [0, 0.1) is 0 Å². The summed E-state index contributed by atoms with van der Waals surface area (Å²) in [7, 11) is 0. The Morgan fingerprint density at radius 1 is 0.759 bits per heavy atom. The lowest BCUT2D eigenvalue weighted by Gasteiger charge is -2.39. The highest BCUT2D eigenvalue weighted by Crippen LogP contribution is 2.29. The normalized spacial score (nSPS) is 15.5. The Balaban J connectivity index is 1.43. The SMILES string of the molecule is Nc1ccc(C(=O)CN2CCN(C(c3ccccc3)c3ccccc3)CC2)cc1. The fraction of sp³-hybridized carbons (Fsp3) is 0.240. The van der Waals surface area contributed by atoms with Crippen LogP contribution in [0.15, 0.2) is 84.9 Å². The fourth-order valence-electron chi connectivity index (χ4n) is 4.03. The maximum Gasteiger partial charge on any atom is 0.176 e. The summed E-state index contributed by atoms with van der Waals surface area (Å²) >= 11 is 0. The Morgan fingerprint density at radius 3 is 1.79 bits per heavy atom. The number of hydrogen-bond acceptors (Lipinski definition) is 4. The summed E-state index contributed by atoms with van der Waals surface area (Å²) in [5, 5.41) is 0. The van der Waals surface area contributed by atoms with E-state index >= 15 is 0 Å². The van der Waals surface area contributed by atoms with Crippen LogP contribution in [0.3, 0.4) is 0 Å². The van der Waals surface area contributed by atoms with E-state index in [4.69, 9.17) is 5.73 Å². The van der Waals surface area contributed by atoms with Gasteiger partial charge in [-0.2, -0.15) is 0 Å². The lowest BCUT2D eigenvalue weighted by Crippen LogP contribution is -2.49. The zero-order valence-electron chi connectivity index (χ0n) is 16.6. The molecule has 1 aliphatic heterocycles. The first-order chi connectivity index (χ1) is 14.2. The average molecular weight is 386 g/mol. The first-order valence-electron chi connectivity index (χ1n) is 10.2. The van der Waals surface area contributed by atoms with Crippen molar-refractivity contribution in [3.8, 4) is 0 Å². The maximum atomic E-state index is 12.6. The molecule has 0 aliphatic carbocycles. The van der Waals surface area contributed by atoms with Crippen molar-refractivity contribution in [2.24, 2.45) is 0 Å². The molecule has 148 valence electrons. The van der Waals surface area contributed by atoms with Crippen LogP contribution in [0.5, 0.6) is 0 Å². The highest BCUT2D eigenvalue weighted by atomic mass is 16.1. The van der Waals surface area contributed by atoms with Crippen LogP contribution in [0.1, 0.15) is 27.5 Å². The van der Waals surface area contributed by atoms with Crippen molar-refractivity contribution >= 4 is 11.5 Å². The van der Waals surface area contributed by atoms with Crippen LogP contribution < -0.4 is 5.73 Å². The smallest absolute Gasteiger partial charge is 0.176 e. The van der Waals surface area contributed by atoms with Gasteiger partial charge in [-0.15, -0.1) is 0 Å². The van der Waals surface area contributed by atoms with Crippen molar-refractivity contribution < 1.29 is 4.79 Å². The van der Waals surface area contributed by atoms with Gasteiger partial charge in [0.1, 0.15) is 0 Å². The summed E-state index contributed by atoms with van der Waals surface area (Å²) in [6.45, 7) is 4.10. The van der Waals surface area contributed by atoms with Crippen molar-refractivity contribution in [2.45, 2.75) is 6.04 Å². The van der Waals surface area contributed by atoms with E-state index in [0.29, 0.717) is 12.2 Å². The Bertz CT molecular complexity index is 878. The molecule has 0 amide bonds. The van der Waals surface area contributed by atoms with Gasteiger partial charge in [-0.1, -0.05) is 60.7 Å². The molecule has 1 saturated heterocycles. The number of anilines is 1. The largest absolute Gasteiger partial charge is 0.399 e. The number of piperazine rings is 1. The van der Waals surface area contributed by atoms with Crippen molar-refractivity contribution in [1.82, 2.24) is 9.80 Å². The van der Waals surface area contributed by atoms with Crippen molar-refractivity contribution in [2.75, 3.05) is 38.5 Å². The minimum Gasteiger partial charge on any atom is -0.399 e. The van der Waals surface area contributed by atoms with Gasteiger partial charge in [-0.3, -0.25) is 14.6 Å². The van der Waals surface area contributed by atoms with E-state index in [-0.39, 0.29) is 11.8 Å². The van der Waals surface area contributed by atoms with Crippen molar-refractivity contribution in [3.63, 3.8) is 0 Å². The summed E-state index contributed by atoms with van der Waals surface area (Å²) in [5.74, 6) is 0.154. The molecule has 4 heteroatoms. The van der Waals surface area contributed by atoms with Crippen LogP contribution in [-0.4, -0.2) is 48.3 Å². The Kier molecular flexibility index (Phi) is 6.03. The molecular weight excluding hydrogens is 358 g/mol. The first kappa shape index (κ1) is 19.4. The second-order valence-corrected chi connectivity index (χ2v) is 7.58. The van der Waals surface area contributed by atoms with Gasteiger partial charge in [0.2, 0.25) is 0 Å². The number of hydrogen-bond donors (Lipinski definition) is 1. The van der Waals surface area contributed by atoms with Crippen LogP contribution >= 0.6 is 0 Å². The third-order valence-corrected chi connectivity index (χ3v) is 5.60. The van der Waals surface area contributed by atoms with Gasteiger partial charge >= 0.3 is 0 Å². The molecule has 0 atom stereocenters. The van der Waals surface area contributed by atoms with Gasteiger partial charge < -0.3 is 5.73 Å². The quantitative estimate of drug-likeness (QED) is 0.517. The number of rotatable bonds is 6. The van der Waals surface area contributed by atoms with Gasteiger partial charge in [0.05, 0.1) is 12.6 Å². The summed E-state index contributed by atoms with van der Waals surface area (Å²) in [6.07, 6.45) is 0. The van der Waals surface area contributed by atoms with E-state index in [1.807, 2.05) is 12.1 Å². The lowest BCUT2D eigenvalue weighted by molar-refractivity contribution is 0.0808. The molecule has 0 saturated carbocycles. The highest BCUT2D eigenvalue weighted by molar-refractivity contribution is 5.97. The number of nitrogens with two attached hydrogens (primary N) is 1. The average Bonchev–Trinajstić information content (AvgIpc) is 2.77.